The summed E-state index contributed by atoms with van der Waals surface area (Å²) < 4.78 is 54.0. The number of benzene rings is 1. The van der Waals surface area contributed by atoms with E-state index in [-0.39, 0.29) is 12.2 Å². The van der Waals surface area contributed by atoms with Gasteiger partial charge >= 0.3 is 5.76 Å². The van der Waals surface area contributed by atoms with E-state index in [1.54, 1.807) is 12.1 Å². The van der Waals surface area contributed by atoms with Crippen LogP contribution in [0, 0.1) is 0 Å². The van der Waals surface area contributed by atoms with Gasteiger partial charge in [0.1, 0.15) is 11.5 Å². The average Bonchev–Trinajstić information content (AvgIpc) is 2.93. The van der Waals surface area contributed by atoms with Gasteiger partial charge in [0, 0.05) is 6.42 Å². The summed E-state index contributed by atoms with van der Waals surface area (Å²) in [4.78, 5) is -0.415. The summed E-state index contributed by atoms with van der Waals surface area (Å²) in [6.45, 7) is 2.16. The van der Waals surface area contributed by atoms with Crippen LogP contribution in [-0.2, 0) is 22.8 Å². The average molecular weight is 315 g/mol. The van der Waals surface area contributed by atoms with E-state index in [0.717, 1.165) is 18.2 Å². The Hall–Kier alpha value is -1.89. The third kappa shape index (κ3) is 3.41. The van der Waals surface area contributed by atoms with Crippen LogP contribution in [-0.4, -0.2) is 14.2 Å². The van der Waals surface area contributed by atoms with Crippen molar-refractivity contribution < 1.29 is 21.6 Å². The SMILES string of the molecule is CCc1ccc(CNc2ccccc2S(=O)(=O)C(F)F)o1. The molecule has 1 heterocycles. The van der Waals surface area contributed by atoms with E-state index in [1.165, 1.54) is 12.1 Å². The first-order valence-corrected chi connectivity index (χ1v) is 7.92. The van der Waals surface area contributed by atoms with Crippen molar-refractivity contribution in [1.82, 2.24) is 0 Å². The van der Waals surface area contributed by atoms with Crippen molar-refractivity contribution in [3.63, 3.8) is 0 Å². The maximum atomic E-state index is 12.7. The first-order valence-electron chi connectivity index (χ1n) is 6.37. The number of halogens is 2. The molecule has 114 valence electrons. The monoisotopic (exact) mass is 315 g/mol. The number of hydrogen-bond acceptors (Lipinski definition) is 4. The van der Waals surface area contributed by atoms with Crippen LogP contribution in [0.1, 0.15) is 18.4 Å². The molecule has 0 atom stereocenters. The molecule has 0 radical (unpaired) electrons. The number of nitrogens with one attached hydrogen (secondary N) is 1. The third-order valence-corrected chi connectivity index (χ3v) is 4.39. The normalized spacial score (nSPS) is 11.8. The fourth-order valence-corrected chi connectivity index (χ4v) is 2.75. The number of furan rings is 1. The maximum absolute atomic E-state index is 12.7. The molecular weight excluding hydrogens is 300 g/mol. The highest BCUT2D eigenvalue weighted by Gasteiger charge is 2.28. The minimum Gasteiger partial charge on any atom is -0.464 e. The summed E-state index contributed by atoms with van der Waals surface area (Å²) in [5.74, 6) is -2.04. The number of para-hydroxylation sites is 1. The smallest absolute Gasteiger partial charge is 0.341 e. The van der Waals surface area contributed by atoms with E-state index in [0.29, 0.717) is 5.76 Å². The van der Waals surface area contributed by atoms with Crippen LogP contribution in [0.15, 0.2) is 45.7 Å². The number of alkyl halides is 2. The molecule has 0 amide bonds. The van der Waals surface area contributed by atoms with Crippen LogP contribution >= 0.6 is 0 Å². The molecule has 1 N–H and O–H groups in total. The lowest BCUT2D eigenvalue weighted by atomic mass is 10.3. The Morgan fingerprint density at radius 2 is 1.81 bits per heavy atom. The summed E-state index contributed by atoms with van der Waals surface area (Å²) in [5, 5.41) is 2.82. The zero-order valence-corrected chi connectivity index (χ0v) is 12.2. The molecule has 2 rings (SSSR count). The van der Waals surface area contributed by atoms with Crippen molar-refractivity contribution >= 4 is 15.5 Å². The lowest BCUT2D eigenvalue weighted by Gasteiger charge is -2.11. The molecule has 0 bridgehead atoms. The van der Waals surface area contributed by atoms with E-state index in [2.05, 4.69) is 5.32 Å². The fourth-order valence-electron chi connectivity index (χ4n) is 1.85. The Morgan fingerprint density at radius 3 is 2.43 bits per heavy atom. The second-order valence-corrected chi connectivity index (χ2v) is 6.26. The predicted octanol–water partition coefficient (Wildman–Crippen LogP) is 3.45. The third-order valence-electron chi connectivity index (χ3n) is 2.95. The predicted molar refractivity (Wildman–Crippen MR) is 75.0 cm³/mol. The molecular formula is C14H15F2NO3S. The summed E-state index contributed by atoms with van der Waals surface area (Å²) in [7, 11) is -4.64. The first-order chi connectivity index (χ1) is 9.95. The molecule has 0 spiro atoms. The zero-order valence-electron chi connectivity index (χ0n) is 11.3. The van der Waals surface area contributed by atoms with Gasteiger partial charge in [0.15, 0.2) is 0 Å². The highest BCUT2D eigenvalue weighted by atomic mass is 32.2. The molecule has 1 aromatic heterocycles. The van der Waals surface area contributed by atoms with Gasteiger partial charge in [-0.15, -0.1) is 0 Å². The van der Waals surface area contributed by atoms with Crippen LogP contribution < -0.4 is 5.32 Å². The Bertz CT molecular complexity index is 711. The maximum Gasteiger partial charge on any atom is 0.341 e. The van der Waals surface area contributed by atoms with Crippen molar-refractivity contribution in [2.75, 3.05) is 5.32 Å². The fraction of sp³-hybridized carbons (Fsp3) is 0.286. The summed E-state index contributed by atoms with van der Waals surface area (Å²) >= 11 is 0. The summed E-state index contributed by atoms with van der Waals surface area (Å²) in [5.41, 5.74) is 0.132. The molecule has 0 aliphatic heterocycles. The van der Waals surface area contributed by atoms with Gasteiger partial charge in [0.05, 0.1) is 17.1 Å². The summed E-state index contributed by atoms with van der Waals surface area (Å²) in [6.07, 6.45) is 0.746. The second kappa shape index (κ2) is 6.26. The summed E-state index contributed by atoms with van der Waals surface area (Å²) in [6, 6.07) is 9.16. The quantitative estimate of drug-likeness (QED) is 0.887. The highest BCUT2D eigenvalue weighted by Crippen LogP contribution is 2.26. The van der Waals surface area contributed by atoms with Crippen molar-refractivity contribution in [2.45, 2.75) is 30.5 Å². The van der Waals surface area contributed by atoms with Gasteiger partial charge in [-0.25, -0.2) is 8.42 Å². The molecule has 0 saturated heterocycles. The number of anilines is 1. The van der Waals surface area contributed by atoms with Crippen LogP contribution in [0.25, 0.3) is 0 Å². The van der Waals surface area contributed by atoms with E-state index in [4.69, 9.17) is 4.42 Å². The van der Waals surface area contributed by atoms with Crippen molar-refractivity contribution in [3.05, 3.63) is 47.9 Å². The minimum atomic E-state index is -4.64. The lowest BCUT2D eigenvalue weighted by molar-refractivity contribution is 0.235. The first kappa shape index (κ1) is 15.5. The van der Waals surface area contributed by atoms with E-state index < -0.39 is 20.5 Å². The molecule has 7 heteroatoms. The van der Waals surface area contributed by atoms with E-state index in [9.17, 15) is 17.2 Å². The van der Waals surface area contributed by atoms with Gasteiger partial charge in [-0.2, -0.15) is 8.78 Å². The largest absolute Gasteiger partial charge is 0.464 e. The Labute approximate surface area is 121 Å². The number of rotatable bonds is 6. The molecule has 0 unspecified atom stereocenters. The molecule has 2 aromatic rings. The van der Waals surface area contributed by atoms with Gasteiger partial charge < -0.3 is 9.73 Å². The molecule has 0 aliphatic carbocycles. The van der Waals surface area contributed by atoms with Crippen LogP contribution in [0.2, 0.25) is 0 Å². The molecule has 4 nitrogen and oxygen atoms in total. The Morgan fingerprint density at radius 1 is 1.14 bits per heavy atom. The topological polar surface area (TPSA) is 59.3 Å². The van der Waals surface area contributed by atoms with Gasteiger partial charge in [-0.1, -0.05) is 19.1 Å². The molecule has 21 heavy (non-hydrogen) atoms. The molecule has 0 fully saturated rings. The van der Waals surface area contributed by atoms with Crippen molar-refractivity contribution in [2.24, 2.45) is 0 Å². The van der Waals surface area contributed by atoms with Gasteiger partial charge in [0.2, 0.25) is 9.84 Å². The Balaban J connectivity index is 2.21. The van der Waals surface area contributed by atoms with E-state index >= 15 is 0 Å². The number of hydrogen-bond donors (Lipinski definition) is 1. The zero-order chi connectivity index (χ0) is 15.5. The van der Waals surface area contributed by atoms with Crippen LogP contribution in [0.4, 0.5) is 14.5 Å². The van der Waals surface area contributed by atoms with Gasteiger partial charge in [0.25, 0.3) is 0 Å². The minimum absolute atomic E-state index is 0.132. The number of sulfone groups is 1. The standard InChI is InChI=1S/C14H15F2NO3S/c1-2-10-7-8-11(20-10)9-17-12-5-3-4-6-13(12)21(18,19)14(15)16/h3-8,14,17H,2,9H2,1H3. The van der Waals surface area contributed by atoms with Crippen molar-refractivity contribution in [1.29, 1.82) is 0 Å². The number of aryl methyl sites for hydroxylation is 1. The van der Waals surface area contributed by atoms with Crippen LogP contribution in [0.5, 0.6) is 0 Å². The van der Waals surface area contributed by atoms with E-state index in [1.807, 2.05) is 13.0 Å². The van der Waals surface area contributed by atoms with Crippen LogP contribution in [0.3, 0.4) is 0 Å². The highest BCUT2D eigenvalue weighted by molar-refractivity contribution is 7.91. The molecule has 0 aliphatic rings. The molecule has 0 saturated carbocycles. The second-order valence-electron chi connectivity index (χ2n) is 4.38. The van der Waals surface area contributed by atoms with Crippen molar-refractivity contribution in [3.8, 4) is 0 Å². The van der Waals surface area contributed by atoms with Gasteiger partial charge in [-0.05, 0) is 24.3 Å². The Kier molecular flexibility index (Phi) is 4.62. The van der Waals surface area contributed by atoms with Gasteiger partial charge in [-0.3, -0.25) is 0 Å². The lowest BCUT2D eigenvalue weighted by Crippen LogP contribution is -2.14. The molecule has 1 aromatic carbocycles.